The second-order valence-electron chi connectivity index (χ2n) is 12.6. The van der Waals surface area contributed by atoms with E-state index in [-0.39, 0.29) is 18.2 Å². The van der Waals surface area contributed by atoms with Crippen molar-refractivity contribution in [3.05, 3.63) is 88.0 Å². The van der Waals surface area contributed by atoms with Crippen molar-refractivity contribution < 1.29 is 17.9 Å². The van der Waals surface area contributed by atoms with Gasteiger partial charge in [0.05, 0.1) is 0 Å². The Labute approximate surface area is 284 Å². The molecular formula is C35H40Cl3F3N4O. The van der Waals surface area contributed by atoms with Crippen molar-refractivity contribution in [2.45, 2.75) is 58.1 Å². The number of aromatic nitrogens is 1. The molecule has 2 aliphatic rings. The third-order valence-corrected chi connectivity index (χ3v) is 10.2. The number of likely N-dealkylation sites (tertiary alicyclic amines) is 2. The zero-order valence-corrected chi connectivity index (χ0v) is 28.0. The highest BCUT2D eigenvalue weighted by atomic mass is 35.5. The van der Waals surface area contributed by atoms with Gasteiger partial charge in [0.25, 0.3) is 0 Å². The fraction of sp³-hybridized carbons (Fsp3) is 0.429. The first-order chi connectivity index (χ1) is 21.6. The maximum atomic E-state index is 12.7. The van der Waals surface area contributed by atoms with Crippen molar-refractivity contribution in [1.29, 1.82) is 0 Å². The number of halogens is 6. The highest BCUT2D eigenvalue weighted by Crippen LogP contribution is 2.41. The molecule has 0 aliphatic carbocycles. The molecule has 2 aliphatic heterocycles. The Kier molecular flexibility index (Phi) is 11.2. The molecule has 1 aromatic heterocycles. The van der Waals surface area contributed by atoms with Crippen LogP contribution >= 0.6 is 35.6 Å². The van der Waals surface area contributed by atoms with Crippen LogP contribution in [0.25, 0.3) is 22.0 Å². The number of alkyl halides is 3. The Morgan fingerprint density at radius 2 is 1.59 bits per heavy atom. The van der Waals surface area contributed by atoms with E-state index in [9.17, 15) is 13.2 Å². The normalized spacial score (nSPS) is 17.3. The lowest BCUT2D eigenvalue weighted by molar-refractivity contribution is -0.274. The summed E-state index contributed by atoms with van der Waals surface area (Å²) in [5.74, 6) is -0.226. The first-order valence-corrected chi connectivity index (χ1v) is 16.4. The number of piperidine rings is 2. The van der Waals surface area contributed by atoms with Crippen LogP contribution in [-0.2, 0) is 19.6 Å². The smallest absolute Gasteiger partial charge is 0.406 e. The minimum absolute atomic E-state index is 0. The van der Waals surface area contributed by atoms with Gasteiger partial charge in [0.2, 0.25) is 0 Å². The molecule has 1 spiro atoms. The maximum Gasteiger partial charge on any atom is 0.573 e. The van der Waals surface area contributed by atoms with Crippen LogP contribution in [0.1, 0.15) is 43.2 Å². The van der Waals surface area contributed by atoms with Crippen molar-refractivity contribution >= 4 is 46.5 Å². The number of nitrogens with two attached hydrogens (primary N) is 1. The Bertz CT molecular complexity index is 1600. The molecule has 248 valence electrons. The lowest BCUT2D eigenvalue weighted by Gasteiger charge is -2.48. The third kappa shape index (κ3) is 8.15. The molecule has 0 bridgehead atoms. The van der Waals surface area contributed by atoms with Gasteiger partial charge in [-0.05, 0) is 111 Å². The summed E-state index contributed by atoms with van der Waals surface area (Å²) in [6.07, 6.45) is 2.96. The average Bonchev–Trinajstić information content (AvgIpc) is 3.36. The lowest BCUT2D eigenvalue weighted by atomic mass is 9.72. The Morgan fingerprint density at radius 3 is 2.26 bits per heavy atom. The van der Waals surface area contributed by atoms with E-state index < -0.39 is 6.36 Å². The number of rotatable bonds is 9. The molecule has 2 fully saturated rings. The molecule has 0 atom stereocenters. The van der Waals surface area contributed by atoms with Crippen molar-refractivity contribution in [1.82, 2.24) is 14.4 Å². The molecule has 0 radical (unpaired) electrons. The van der Waals surface area contributed by atoms with Crippen LogP contribution in [-0.4, -0.2) is 53.5 Å². The summed E-state index contributed by atoms with van der Waals surface area (Å²) >= 11 is 12.9. The minimum Gasteiger partial charge on any atom is -0.406 e. The van der Waals surface area contributed by atoms with Crippen molar-refractivity contribution in [3.8, 4) is 16.9 Å². The largest absolute Gasteiger partial charge is 0.573 e. The van der Waals surface area contributed by atoms with Crippen LogP contribution < -0.4 is 10.5 Å². The van der Waals surface area contributed by atoms with Crippen molar-refractivity contribution in [2.24, 2.45) is 11.1 Å². The molecule has 3 heterocycles. The van der Waals surface area contributed by atoms with Crippen LogP contribution in [0.2, 0.25) is 10.0 Å². The van der Waals surface area contributed by atoms with Gasteiger partial charge in [0, 0.05) is 64.5 Å². The standard InChI is InChI=1S/C35H39Cl2F3N4O.ClH/c36-31-4-1-5-32(37)30(31)22-42-18-13-34(14-19-42)12-2-16-43(24-34)21-25-6-11-33-28(20-25)29(23-44(33)17-3-15-41)26-7-9-27(10-8-26)45-35(38,39)40;/h1,4-11,20,23H,2-3,12-19,21-22,24,41H2;1H. The van der Waals surface area contributed by atoms with Gasteiger partial charge in [-0.25, -0.2) is 0 Å². The number of ether oxygens (including phenoxy) is 1. The topological polar surface area (TPSA) is 46.7 Å². The predicted molar refractivity (Wildman–Crippen MR) is 183 cm³/mol. The third-order valence-electron chi connectivity index (χ3n) is 9.45. The van der Waals surface area contributed by atoms with E-state index in [0.717, 1.165) is 103 Å². The van der Waals surface area contributed by atoms with E-state index in [2.05, 4.69) is 43.5 Å². The average molecular weight is 696 g/mol. The second kappa shape index (κ2) is 14.8. The number of fused-ring (bicyclic) bond motifs is 1. The number of nitrogens with zero attached hydrogens (tertiary/aromatic N) is 3. The summed E-state index contributed by atoms with van der Waals surface area (Å²) < 4.78 is 44.5. The van der Waals surface area contributed by atoms with Crippen molar-refractivity contribution in [2.75, 3.05) is 32.7 Å². The summed E-state index contributed by atoms with van der Waals surface area (Å²) in [5.41, 5.74) is 11.3. The van der Waals surface area contributed by atoms with Gasteiger partial charge >= 0.3 is 6.36 Å². The van der Waals surface area contributed by atoms with Crippen molar-refractivity contribution in [3.63, 3.8) is 0 Å². The molecule has 0 unspecified atom stereocenters. The van der Waals surface area contributed by atoms with E-state index in [4.69, 9.17) is 28.9 Å². The molecule has 6 rings (SSSR count). The summed E-state index contributed by atoms with van der Waals surface area (Å²) in [4.78, 5) is 5.07. The highest BCUT2D eigenvalue weighted by molar-refractivity contribution is 6.35. The van der Waals surface area contributed by atoms with Crippen LogP contribution in [0, 0.1) is 5.41 Å². The molecule has 11 heteroatoms. The summed E-state index contributed by atoms with van der Waals surface area (Å²) in [6.45, 7) is 7.23. The first-order valence-electron chi connectivity index (χ1n) is 15.7. The van der Waals surface area contributed by atoms with Gasteiger partial charge in [-0.15, -0.1) is 25.6 Å². The Morgan fingerprint density at radius 1 is 0.870 bits per heavy atom. The molecule has 0 amide bonds. The van der Waals surface area contributed by atoms with E-state index in [0.29, 0.717) is 12.0 Å². The minimum atomic E-state index is -4.72. The molecular weight excluding hydrogens is 656 g/mol. The number of aryl methyl sites for hydroxylation is 1. The fourth-order valence-corrected chi connectivity index (χ4v) is 7.68. The maximum absolute atomic E-state index is 12.7. The van der Waals surface area contributed by atoms with Gasteiger partial charge in [-0.2, -0.15) is 0 Å². The Balaban J connectivity index is 0.00000417. The molecule has 4 aromatic rings. The van der Waals surface area contributed by atoms with Gasteiger partial charge < -0.3 is 15.0 Å². The van der Waals surface area contributed by atoms with E-state index >= 15 is 0 Å². The quantitative estimate of drug-likeness (QED) is 0.190. The molecule has 3 aromatic carbocycles. The zero-order chi connectivity index (χ0) is 31.6. The van der Waals surface area contributed by atoms with Gasteiger partial charge in [-0.1, -0.05) is 47.5 Å². The monoisotopic (exact) mass is 694 g/mol. The summed E-state index contributed by atoms with van der Waals surface area (Å²) in [6, 6.07) is 18.5. The van der Waals surface area contributed by atoms with Crippen LogP contribution in [0.3, 0.4) is 0 Å². The number of hydrogen-bond donors (Lipinski definition) is 1. The van der Waals surface area contributed by atoms with Gasteiger partial charge in [0.1, 0.15) is 5.75 Å². The highest BCUT2D eigenvalue weighted by Gasteiger charge is 2.38. The molecule has 2 saturated heterocycles. The summed E-state index contributed by atoms with van der Waals surface area (Å²) in [5, 5.41) is 2.55. The lowest BCUT2D eigenvalue weighted by Crippen LogP contribution is -2.49. The van der Waals surface area contributed by atoms with E-state index in [1.165, 1.54) is 30.5 Å². The molecule has 46 heavy (non-hydrogen) atoms. The zero-order valence-electron chi connectivity index (χ0n) is 25.7. The van der Waals surface area contributed by atoms with Crippen LogP contribution in [0.15, 0.2) is 66.9 Å². The molecule has 2 N–H and O–H groups in total. The fourth-order valence-electron chi connectivity index (χ4n) is 7.16. The molecule has 0 saturated carbocycles. The first kappa shape index (κ1) is 34.9. The number of benzene rings is 3. The van der Waals surface area contributed by atoms with Crippen LogP contribution in [0.4, 0.5) is 13.2 Å². The van der Waals surface area contributed by atoms with E-state index in [1.54, 1.807) is 12.1 Å². The summed E-state index contributed by atoms with van der Waals surface area (Å²) in [7, 11) is 0. The van der Waals surface area contributed by atoms with Gasteiger partial charge in [0.15, 0.2) is 0 Å². The van der Waals surface area contributed by atoms with Crippen LogP contribution in [0.5, 0.6) is 5.75 Å². The second-order valence-corrected chi connectivity index (χ2v) is 13.4. The van der Waals surface area contributed by atoms with E-state index in [1.807, 2.05) is 18.2 Å². The Hall–Kier alpha value is -2.46. The molecule has 5 nitrogen and oxygen atoms in total. The SMILES string of the molecule is Cl.NCCCn1cc(-c2ccc(OC(F)(F)F)cc2)c2cc(CN3CCCC4(CCN(Cc5c(Cl)cccc5Cl)CC4)C3)ccc21. The number of hydrogen-bond acceptors (Lipinski definition) is 4. The van der Waals surface area contributed by atoms with Gasteiger partial charge in [-0.3, -0.25) is 9.80 Å². The predicted octanol–water partition coefficient (Wildman–Crippen LogP) is 9.16.